The lowest BCUT2D eigenvalue weighted by atomic mass is 10.1. The number of aromatic nitrogens is 3. The van der Waals surface area contributed by atoms with Crippen LogP contribution in [-0.4, -0.2) is 21.1 Å². The molecule has 8 heteroatoms. The van der Waals surface area contributed by atoms with Crippen LogP contribution in [0.1, 0.15) is 24.3 Å². The lowest BCUT2D eigenvalue weighted by Crippen LogP contribution is -2.22. The fourth-order valence-electron chi connectivity index (χ4n) is 4.09. The van der Waals surface area contributed by atoms with Crippen molar-refractivity contribution in [3.05, 3.63) is 82.1 Å². The van der Waals surface area contributed by atoms with E-state index in [0.29, 0.717) is 33.9 Å². The molecule has 0 amide bonds. The summed E-state index contributed by atoms with van der Waals surface area (Å²) >= 11 is 1.50. The molecule has 0 radical (unpaired) electrons. The van der Waals surface area contributed by atoms with Crippen molar-refractivity contribution < 1.29 is 13.5 Å². The second kappa shape index (κ2) is 7.74. The summed E-state index contributed by atoms with van der Waals surface area (Å²) in [5, 5.41) is 0. The third-order valence-corrected chi connectivity index (χ3v) is 6.64. The van der Waals surface area contributed by atoms with Crippen LogP contribution >= 0.6 is 11.3 Å². The van der Waals surface area contributed by atoms with E-state index in [-0.39, 0.29) is 11.3 Å². The van der Waals surface area contributed by atoms with Crippen LogP contribution in [-0.2, 0) is 0 Å². The molecule has 1 aliphatic rings. The number of hydrogen-bond donors (Lipinski definition) is 0. The lowest BCUT2D eigenvalue weighted by molar-refractivity contribution is -0.0498. The molecule has 5 nitrogen and oxygen atoms in total. The van der Waals surface area contributed by atoms with Gasteiger partial charge in [-0.1, -0.05) is 12.1 Å². The van der Waals surface area contributed by atoms with Crippen molar-refractivity contribution >= 4 is 32.6 Å². The molecule has 0 unspecified atom stereocenters. The standard InChI is InChI=1S/C25H17F2N3O2S/c26-25(27)32-18-7-5-17(6-8-18)30-21-11-15(14-1-2-14)3-9-19(21)29-23(24(30)31)16-4-10-20-22(12-16)33-13-28-20/h3-14,25H,1-2H2. The SMILES string of the molecule is O=c1c(-c2ccc3ncsc3c2)nc2ccc(C3CC3)cc2n1-c1ccc(OC(F)F)cc1. The Hall–Kier alpha value is -3.65. The fraction of sp³-hybridized carbons (Fsp3) is 0.160. The molecule has 0 bridgehead atoms. The normalized spacial score (nSPS) is 13.8. The maximum Gasteiger partial charge on any atom is 0.387 e. The van der Waals surface area contributed by atoms with Crippen molar-refractivity contribution in [2.24, 2.45) is 0 Å². The molecule has 0 N–H and O–H groups in total. The smallest absolute Gasteiger partial charge is 0.387 e. The third-order valence-electron chi connectivity index (χ3n) is 5.85. The Balaban J connectivity index is 1.58. The third kappa shape index (κ3) is 3.66. The van der Waals surface area contributed by atoms with Gasteiger partial charge < -0.3 is 4.74 Å². The molecule has 0 atom stereocenters. The number of alkyl halides is 2. The predicted molar refractivity (Wildman–Crippen MR) is 125 cm³/mol. The van der Waals surface area contributed by atoms with Crippen molar-refractivity contribution in [2.45, 2.75) is 25.4 Å². The Bertz CT molecular complexity index is 1560. The van der Waals surface area contributed by atoms with Crippen LogP contribution in [0.25, 0.3) is 38.2 Å². The maximum atomic E-state index is 13.8. The number of fused-ring (bicyclic) bond motifs is 2. The summed E-state index contributed by atoms with van der Waals surface area (Å²) in [6, 6.07) is 17.8. The number of rotatable bonds is 5. The molecular formula is C25H17F2N3O2S. The lowest BCUT2D eigenvalue weighted by Gasteiger charge is -2.14. The van der Waals surface area contributed by atoms with E-state index in [1.807, 2.05) is 30.3 Å². The van der Waals surface area contributed by atoms with Gasteiger partial charge in [0, 0.05) is 11.3 Å². The van der Waals surface area contributed by atoms with Gasteiger partial charge in [0.15, 0.2) is 0 Å². The highest BCUT2D eigenvalue weighted by atomic mass is 32.1. The largest absolute Gasteiger partial charge is 0.435 e. The van der Waals surface area contributed by atoms with Crippen LogP contribution in [0.2, 0.25) is 0 Å². The highest BCUT2D eigenvalue weighted by molar-refractivity contribution is 7.16. The maximum absolute atomic E-state index is 13.8. The zero-order chi connectivity index (χ0) is 22.5. The molecule has 0 saturated heterocycles. The predicted octanol–water partition coefficient (Wildman–Crippen LogP) is 6.14. The Morgan fingerprint density at radius 2 is 1.79 bits per heavy atom. The summed E-state index contributed by atoms with van der Waals surface area (Å²) < 4.78 is 32.2. The van der Waals surface area contributed by atoms with Crippen molar-refractivity contribution in [3.8, 4) is 22.7 Å². The van der Waals surface area contributed by atoms with E-state index in [9.17, 15) is 13.6 Å². The number of hydrogen-bond acceptors (Lipinski definition) is 5. The van der Waals surface area contributed by atoms with Gasteiger partial charge in [0.2, 0.25) is 0 Å². The van der Waals surface area contributed by atoms with Gasteiger partial charge in [-0.25, -0.2) is 9.97 Å². The first-order valence-electron chi connectivity index (χ1n) is 10.5. The second-order valence-corrected chi connectivity index (χ2v) is 8.92. The van der Waals surface area contributed by atoms with E-state index >= 15 is 0 Å². The van der Waals surface area contributed by atoms with Gasteiger partial charge in [0.1, 0.15) is 11.4 Å². The molecular weight excluding hydrogens is 444 g/mol. The minimum atomic E-state index is -2.91. The molecule has 1 fully saturated rings. The van der Waals surface area contributed by atoms with Crippen LogP contribution in [0, 0.1) is 0 Å². The van der Waals surface area contributed by atoms with Gasteiger partial charge in [-0.2, -0.15) is 8.78 Å². The van der Waals surface area contributed by atoms with Crippen LogP contribution in [0.3, 0.4) is 0 Å². The number of halogens is 2. The quantitative estimate of drug-likeness (QED) is 0.315. The van der Waals surface area contributed by atoms with Gasteiger partial charge in [0.25, 0.3) is 5.56 Å². The molecule has 2 aromatic heterocycles. The van der Waals surface area contributed by atoms with Crippen LogP contribution < -0.4 is 10.3 Å². The van der Waals surface area contributed by atoms with E-state index in [0.717, 1.165) is 23.1 Å². The Kier molecular flexibility index (Phi) is 4.69. The zero-order valence-corrected chi connectivity index (χ0v) is 18.1. The number of nitrogens with zero attached hydrogens (tertiary/aromatic N) is 3. The van der Waals surface area contributed by atoms with Crippen molar-refractivity contribution in [3.63, 3.8) is 0 Å². The van der Waals surface area contributed by atoms with E-state index in [2.05, 4.69) is 15.8 Å². The van der Waals surface area contributed by atoms with E-state index in [1.54, 1.807) is 22.2 Å². The van der Waals surface area contributed by atoms with Crippen molar-refractivity contribution in [1.82, 2.24) is 14.5 Å². The molecule has 0 aliphatic heterocycles. The molecule has 5 aromatic rings. The molecule has 3 aromatic carbocycles. The monoisotopic (exact) mass is 461 g/mol. The Morgan fingerprint density at radius 1 is 1.00 bits per heavy atom. The second-order valence-electron chi connectivity index (χ2n) is 8.03. The van der Waals surface area contributed by atoms with Gasteiger partial charge in [-0.3, -0.25) is 9.36 Å². The average Bonchev–Trinajstić information content (AvgIpc) is 3.56. The van der Waals surface area contributed by atoms with Crippen molar-refractivity contribution in [2.75, 3.05) is 0 Å². The Labute approximate surface area is 190 Å². The number of benzene rings is 3. The fourth-order valence-corrected chi connectivity index (χ4v) is 4.81. The molecule has 1 saturated carbocycles. The number of ether oxygens (including phenoxy) is 1. The van der Waals surface area contributed by atoms with Crippen LogP contribution in [0.4, 0.5) is 8.78 Å². The first-order valence-corrected chi connectivity index (χ1v) is 11.4. The summed E-state index contributed by atoms with van der Waals surface area (Å²) in [5.41, 5.74) is 6.50. The highest BCUT2D eigenvalue weighted by Crippen LogP contribution is 2.41. The van der Waals surface area contributed by atoms with E-state index in [1.165, 1.54) is 29.0 Å². The van der Waals surface area contributed by atoms with Gasteiger partial charge in [-0.15, -0.1) is 11.3 Å². The summed E-state index contributed by atoms with van der Waals surface area (Å²) in [5.74, 6) is 0.544. The van der Waals surface area contributed by atoms with Crippen LogP contribution in [0.15, 0.2) is 71.0 Å². The highest BCUT2D eigenvalue weighted by Gasteiger charge is 2.25. The zero-order valence-electron chi connectivity index (χ0n) is 17.2. The summed E-state index contributed by atoms with van der Waals surface area (Å²) in [7, 11) is 0. The minimum Gasteiger partial charge on any atom is -0.435 e. The summed E-state index contributed by atoms with van der Waals surface area (Å²) in [6.45, 7) is -2.91. The Morgan fingerprint density at radius 3 is 2.55 bits per heavy atom. The van der Waals surface area contributed by atoms with Crippen LogP contribution in [0.5, 0.6) is 5.75 Å². The van der Waals surface area contributed by atoms with E-state index in [4.69, 9.17) is 4.98 Å². The first kappa shape index (κ1) is 20.0. The first-order chi connectivity index (χ1) is 16.1. The summed E-state index contributed by atoms with van der Waals surface area (Å²) in [4.78, 5) is 22.8. The molecule has 164 valence electrons. The van der Waals surface area contributed by atoms with Gasteiger partial charge >= 0.3 is 6.61 Å². The summed E-state index contributed by atoms with van der Waals surface area (Å²) in [6.07, 6.45) is 2.27. The molecule has 1 aliphatic carbocycles. The molecule has 6 rings (SSSR count). The minimum absolute atomic E-state index is 0.0368. The molecule has 33 heavy (non-hydrogen) atoms. The van der Waals surface area contributed by atoms with E-state index < -0.39 is 6.61 Å². The van der Waals surface area contributed by atoms with Gasteiger partial charge in [0.05, 0.1) is 26.8 Å². The van der Waals surface area contributed by atoms with Crippen molar-refractivity contribution in [1.29, 1.82) is 0 Å². The van der Waals surface area contributed by atoms with Gasteiger partial charge in [-0.05, 0) is 72.9 Å². The number of thiazole rings is 1. The molecule has 2 heterocycles. The topological polar surface area (TPSA) is 57.0 Å². The molecule has 0 spiro atoms. The average molecular weight is 461 g/mol.